The lowest BCUT2D eigenvalue weighted by molar-refractivity contribution is 0.0860. The van der Waals surface area contributed by atoms with E-state index in [1.54, 1.807) is 24.3 Å². The molecule has 0 heterocycles. The smallest absolute Gasteiger partial charge is 0.286 e. The largest absolute Gasteiger partial charge is 0.496 e. The number of carbonyl (C=O) groups excluding carboxylic acids is 1. The average Bonchev–Trinajstić information content (AvgIpc) is 2.16. The van der Waals surface area contributed by atoms with Crippen molar-refractivity contribution < 1.29 is 9.53 Å². The van der Waals surface area contributed by atoms with Gasteiger partial charge in [0.2, 0.25) is 0 Å². The van der Waals surface area contributed by atoms with Crippen molar-refractivity contribution in [2.75, 3.05) is 7.11 Å². The van der Waals surface area contributed by atoms with Gasteiger partial charge in [-0.25, -0.2) is 5.84 Å². The van der Waals surface area contributed by atoms with E-state index in [-0.39, 0.29) is 0 Å². The lowest BCUT2D eigenvalue weighted by Gasteiger charge is -2.09. The minimum atomic E-state index is -0.501. The maximum absolute atomic E-state index is 11.3. The van der Waals surface area contributed by atoms with Crippen LogP contribution in [-0.4, -0.2) is 17.5 Å². The summed E-state index contributed by atoms with van der Waals surface area (Å²) in [5, 5.41) is 0. The molecular formula is C8H9ClN2O2. The summed E-state index contributed by atoms with van der Waals surface area (Å²) in [7, 11) is 1.47. The van der Waals surface area contributed by atoms with E-state index >= 15 is 0 Å². The quantitative estimate of drug-likeness (QED) is 0.337. The first-order valence-corrected chi connectivity index (χ1v) is 3.88. The fourth-order valence-electron chi connectivity index (χ4n) is 0.936. The van der Waals surface area contributed by atoms with Gasteiger partial charge in [-0.2, -0.15) is 4.53 Å². The van der Waals surface area contributed by atoms with Crippen molar-refractivity contribution >= 4 is 17.7 Å². The molecule has 1 aromatic rings. The molecule has 0 atom stereocenters. The molecule has 0 fully saturated rings. The van der Waals surface area contributed by atoms with Crippen LogP contribution in [0.1, 0.15) is 10.4 Å². The number of halogens is 1. The molecule has 13 heavy (non-hydrogen) atoms. The number of amides is 1. The van der Waals surface area contributed by atoms with Crippen molar-refractivity contribution in [3.05, 3.63) is 29.8 Å². The van der Waals surface area contributed by atoms with Crippen LogP contribution < -0.4 is 10.6 Å². The molecule has 0 unspecified atom stereocenters. The Morgan fingerprint density at radius 3 is 2.69 bits per heavy atom. The van der Waals surface area contributed by atoms with E-state index in [9.17, 15) is 4.79 Å². The first-order chi connectivity index (χ1) is 6.16. The van der Waals surface area contributed by atoms with E-state index in [4.69, 9.17) is 22.4 Å². The van der Waals surface area contributed by atoms with Gasteiger partial charge in [0.25, 0.3) is 5.91 Å². The lowest BCUT2D eigenvalue weighted by Crippen LogP contribution is -2.28. The monoisotopic (exact) mass is 200 g/mol. The molecule has 0 spiro atoms. The van der Waals surface area contributed by atoms with Crippen LogP contribution in [0.15, 0.2) is 24.3 Å². The third-order valence-electron chi connectivity index (χ3n) is 1.53. The first kappa shape index (κ1) is 9.83. The third-order valence-corrected chi connectivity index (χ3v) is 1.68. The van der Waals surface area contributed by atoms with Gasteiger partial charge in [-0.3, -0.25) is 4.79 Å². The van der Waals surface area contributed by atoms with Gasteiger partial charge >= 0.3 is 0 Å². The molecule has 0 aromatic heterocycles. The van der Waals surface area contributed by atoms with Crippen molar-refractivity contribution in [1.29, 1.82) is 0 Å². The number of methoxy groups -OCH3 is 1. The SMILES string of the molecule is COc1ccccc1C(=O)N(N)Cl. The molecule has 0 bridgehead atoms. The third kappa shape index (κ3) is 2.11. The molecule has 0 saturated carbocycles. The maximum Gasteiger partial charge on any atom is 0.286 e. The fourth-order valence-corrected chi connectivity index (χ4v) is 1.03. The molecule has 1 amide bonds. The summed E-state index contributed by atoms with van der Waals surface area (Å²) in [4.78, 5) is 11.3. The van der Waals surface area contributed by atoms with Crippen LogP contribution >= 0.6 is 11.8 Å². The second-order valence-electron chi connectivity index (χ2n) is 2.32. The summed E-state index contributed by atoms with van der Waals surface area (Å²) >= 11 is 5.30. The highest BCUT2D eigenvalue weighted by Gasteiger charge is 2.14. The second-order valence-corrected chi connectivity index (χ2v) is 2.68. The number of carbonyl (C=O) groups is 1. The number of hydrogen-bond acceptors (Lipinski definition) is 3. The number of para-hydroxylation sites is 1. The zero-order valence-electron chi connectivity index (χ0n) is 7.03. The minimum Gasteiger partial charge on any atom is -0.496 e. The Bertz CT molecular complexity index is 315. The van der Waals surface area contributed by atoms with Crippen LogP contribution in [0, 0.1) is 0 Å². The molecule has 4 nitrogen and oxygen atoms in total. The zero-order chi connectivity index (χ0) is 9.84. The molecule has 0 aliphatic heterocycles. The van der Waals surface area contributed by atoms with E-state index in [1.807, 2.05) is 0 Å². The topological polar surface area (TPSA) is 55.6 Å². The van der Waals surface area contributed by atoms with Crippen LogP contribution in [0.3, 0.4) is 0 Å². The summed E-state index contributed by atoms with van der Waals surface area (Å²) in [6.45, 7) is 0. The number of ether oxygens (including phenoxy) is 1. The number of rotatable bonds is 2. The van der Waals surface area contributed by atoms with E-state index in [0.29, 0.717) is 15.8 Å². The van der Waals surface area contributed by atoms with E-state index in [0.717, 1.165) is 0 Å². The van der Waals surface area contributed by atoms with Gasteiger partial charge in [0.15, 0.2) is 0 Å². The van der Waals surface area contributed by atoms with E-state index in [2.05, 4.69) is 0 Å². The van der Waals surface area contributed by atoms with Crippen molar-refractivity contribution in [2.45, 2.75) is 0 Å². The van der Waals surface area contributed by atoms with Crippen molar-refractivity contribution in [1.82, 2.24) is 4.53 Å². The molecule has 2 N–H and O–H groups in total. The van der Waals surface area contributed by atoms with Crippen LogP contribution in [0.2, 0.25) is 0 Å². The maximum atomic E-state index is 11.3. The number of benzene rings is 1. The van der Waals surface area contributed by atoms with E-state index < -0.39 is 5.91 Å². The highest BCUT2D eigenvalue weighted by molar-refractivity contribution is 6.23. The van der Waals surface area contributed by atoms with Gasteiger partial charge < -0.3 is 4.74 Å². The predicted octanol–water partition coefficient (Wildman–Crippen LogP) is 1.16. The van der Waals surface area contributed by atoms with Crippen molar-refractivity contribution in [3.8, 4) is 5.75 Å². The fraction of sp³-hybridized carbons (Fsp3) is 0.125. The Balaban J connectivity index is 3.06. The average molecular weight is 201 g/mol. The minimum absolute atomic E-state index is 0.336. The number of nitrogens with zero attached hydrogens (tertiary/aromatic N) is 1. The van der Waals surface area contributed by atoms with Gasteiger partial charge in [0.1, 0.15) is 5.75 Å². The number of hydrogen-bond donors (Lipinski definition) is 1. The molecule has 0 aliphatic rings. The molecule has 1 rings (SSSR count). The highest BCUT2D eigenvalue weighted by Crippen LogP contribution is 2.18. The normalized spacial score (nSPS) is 9.46. The molecule has 0 saturated heterocycles. The number of hydrazine groups is 1. The van der Waals surface area contributed by atoms with Crippen LogP contribution in [0.25, 0.3) is 0 Å². The van der Waals surface area contributed by atoms with Gasteiger partial charge in [-0.05, 0) is 12.1 Å². The standard InChI is InChI=1S/C8H9ClN2O2/c1-13-7-5-3-2-4-6(7)8(12)11(9)10/h2-5H,10H2,1H3. The predicted molar refractivity (Wildman–Crippen MR) is 49.2 cm³/mol. The van der Waals surface area contributed by atoms with E-state index in [1.165, 1.54) is 7.11 Å². The summed E-state index contributed by atoms with van der Waals surface area (Å²) < 4.78 is 5.45. The lowest BCUT2D eigenvalue weighted by atomic mass is 10.2. The first-order valence-electron chi connectivity index (χ1n) is 3.54. The van der Waals surface area contributed by atoms with Crippen molar-refractivity contribution in [3.63, 3.8) is 0 Å². The molecule has 70 valence electrons. The summed E-state index contributed by atoms with van der Waals surface area (Å²) in [5.74, 6) is 5.03. The summed E-state index contributed by atoms with van der Waals surface area (Å²) in [6.07, 6.45) is 0. The number of nitrogens with two attached hydrogens (primary N) is 1. The molecule has 0 radical (unpaired) electrons. The Morgan fingerprint density at radius 2 is 2.15 bits per heavy atom. The van der Waals surface area contributed by atoms with Crippen LogP contribution in [-0.2, 0) is 0 Å². The Labute approximate surface area is 80.9 Å². The summed E-state index contributed by atoms with van der Waals surface area (Å²) in [6, 6.07) is 6.71. The Kier molecular flexibility index (Phi) is 3.11. The molecular weight excluding hydrogens is 192 g/mol. The zero-order valence-corrected chi connectivity index (χ0v) is 7.78. The molecule has 5 heteroatoms. The van der Waals surface area contributed by atoms with Crippen LogP contribution in [0.4, 0.5) is 0 Å². The van der Waals surface area contributed by atoms with Gasteiger partial charge in [-0.1, -0.05) is 12.1 Å². The van der Waals surface area contributed by atoms with Gasteiger partial charge in [0, 0.05) is 11.8 Å². The Hall–Kier alpha value is -1.26. The second kappa shape index (κ2) is 4.11. The molecule has 1 aromatic carbocycles. The molecule has 0 aliphatic carbocycles. The summed E-state index contributed by atoms with van der Waals surface area (Å²) in [5.41, 5.74) is 0.336. The van der Waals surface area contributed by atoms with Gasteiger partial charge in [0.05, 0.1) is 12.7 Å². The van der Waals surface area contributed by atoms with Crippen molar-refractivity contribution in [2.24, 2.45) is 5.84 Å². The van der Waals surface area contributed by atoms with Gasteiger partial charge in [-0.15, -0.1) is 0 Å². The highest BCUT2D eigenvalue weighted by atomic mass is 35.5. The Morgan fingerprint density at radius 1 is 1.54 bits per heavy atom. The van der Waals surface area contributed by atoms with Crippen LogP contribution in [0.5, 0.6) is 5.75 Å².